The van der Waals surface area contributed by atoms with Crippen LogP contribution in [0.25, 0.3) is 0 Å². The number of aromatic nitrogens is 5. The second kappa shape index (κ2) is 7.04. The predicted octanol–water partition coefficient (Wildman–Crippen LogP) is 0.899. The SMILES string of the molecule is CCCNCc1cn(CCOc2cc(C)nn2C)nn1. The highest BCUT2D eigenvalue weighted by atomic mass is 16.5. The molecule has 0 fully saturated rings. The third-order valence-corrected chi connectivity index (χ3v) is 2.85. The van der Waals surface area contributed by atoms with E-state index in [1.165, 1.54) is 0 Å². The number of rotatable bonds is 8. The molecule has 0 bridgehead atoms. The van der Waals surface area contributed by atoms with Crippen molar-refractivity contribution in [3.8, 4) is 5.88 Å². The van der Waals surface area contributed by atoms with Gasteiger partial charge in [-0.1, -0.05) is 12.1 Å². The molecule has 0 aliphatic rings. The van der Waals surface area contributed by atoms with Crippen molar-refractivity contribution in [1.29, 1.82) is 0 Å². The molecule has 0 unspecified atom stereocenters. The van der Waals surface area contributed by atoms with Crippen LogP contribution in [0.4, 0.5) is 0 Å². The summed E-state index contributed by atoms with van der Waals surface area (Å²) in [4.78, 5) is 0. The number of aryl methyl sites for hydroxylation is 2. The van der Waals surface area contributed by atoms with Crippen LogP contribution in [0, 0.1) is 6.92 Å². The van der Waals surface area contributed by atoms with E-state index < -0.39 is 0 Å². The second-order valence-corrected chi connectivity index (χ2v) is 4.75. The molecule has 0 amide bonds. The molecule has 0 aromatic carbocycles. The predicted molar refractivity (Wildman–Crippen MR) is 75.5 cm³/mol. The van der Waals surface area contributed by atoms with Gasteiger partial charge < -0.3 is 10.1 Å². The van der Waals surface area contributed by atoms with Crippen LogP contribution in [0.1, 0.15) is 24.7 Å². The average molecular weight is 278 g/mol. The fourth-order valence-electron chi connectivity index (χ4n) is 1.89. The first-order valence-corrected chi connectivity index (χ1v) is 6.92. The summed E-state index contributed by atoms with van der Waals surface area (Å²) in [5.74, 6) is 0.771. The van der Waals surface area contributed by atoms with Crippen molar-refractivity contribution < 1.29 is 4.74 Å². The molecular formula is C13H22N6O. The molecule has 2 heterocycles. The van der Waals surface area contributed by atoms with Crippen LogP contribution >= 0.6 is 0 Å². The van der Waals surface area contributed by atoms with Crippen molar-refractivity contribution in [2.24, 2.45) is 7.05 Å². The van der Waals surface area contributed by atoms with Crippen molar-refractivity contribution in [3.63, 3.8) is 0 Å². The highest BCUT2D eigenvalue weighted by Crippen LogP contribution is 2.10. The van der Waals surface area contributed by atoms with Gasteiger partial charge in [-0.3, -0.25) is 0 Å². The van der Waals surface area contributed by atoms with Crippen LogP contribution in [0.3, 0.4) is 0 Å². The standard InChI is InChI=1S/C13H22N6O/c1-4-5-14-9-12-10-19(17-15-12)6-7-20-13-8-11(2)16-18(13)3/h8,10,14H,4-7,9H2,1-3H3. The van der Waals surface area contributed by atoms with Crippen LogP contribution < -0.4 is 10.1 Å². The molecule has 0 aliphatic heterocycles. The first kappa shape index (κ1) is 14.5. The Kier molecular flexibility index (Phi) is 5.11. The van der Waals surface area contributed by atoms with E-state index in [0.29, 0.717) is 13.2 Å². The summed E-state index contributed by atoms with van der Waals surface area (Å²) in [6.07, 6.45) is 3.06. The second-order valence-electron chi connectivity index (χ2n) is 4.75. The average Bonchev–Trinajstić information content (AvgIpc) is 2.97. The molecule has 0 saturated carbocycles. The number of nitrogens with one attached hydrogen (secondary N) is 1. The molecule has 2 aromatic heterocycles. The Bertz CT molecular complexity index is 533. The molecule has 20 heavy (non-hydrogen) atoms. The minimum atomic E-state index is 0.546. The summed E-state index contributed by atoms with van der Waals surface area (Å²) >= 11 is 0. The van der Waals surface area contributed by atoms with Gasteiger partial charge in [-0.15, -0.1) is 5.10 Å². The maximum absolute atomic E-state index is 5.67. The zero-order valence-corrected chi connectivity index (χ0v) is 12.3. The minimum absolute atomic E-state index is 0.546. The summed E-state index contributed by atoms with van der Waals surface area (Å²) < 4.78 is 9.20. The van der Waals surface area contributed by atoms with Crippen LogP contribution in [0.2, 0.25) is 0 Å². The van der Waals surface area contributed by atoms with Gasteiger partial charge in [-0.2, -0.15) is 5.10 Å². The molecule has 0 aliphatic carbocycles. The lowest BCUT2D eigenvalue weighted by molar-refractivity contribution is 0.267. The van der Waals surface area contributed by atoms with E-state index in [1.807, 2.05) is 26.2 Å². The van der Waals surface area contributed by atoms with Crippen LogP contribution in [0.5, 0.6) is 5.88 Å². The molecule has 110 valence electrons. The summed E-state index contributed by atoms with van der Waals surface area (Å²) in [7, 11) is 1.87. The number of hydrogen-bond acceptors (Lipinski definition) is 5. The first-order valence-electron chi connectivity index (χ1n) is 6.92. The molecule has 7 nitrogen and oxygen atoms in total. The Hall–Kier alpha value is -1.89. The lowest BCUT2D eigenvalue weighted by atomic mass is 10.4. The highest BCUT2D eigenvalue weighted by Gasteiger charge is 2.04. The topological polar surface area (TPSA) is 69.8 Å². The highest BCUT2D eigenvalue weighted by molar-refractivity contribution is 5.14. The zero-order chi connectivity index (χ0) is 14.4. The first-order chi connectivity index (χ1) is 9.69. The van der Waals surface area contributed by atoms with Crippen LogP contribution in [-0.4, -0.2) is 37.9 Å². The third kappa shape index (κ3) is 4.06. The quantitative estimate of drug-likeness (QED) is 0.726. The summed E-state index contributed by atoms with van der Waals surface area (Å²) in [6, 6.07) is 1.92. The molecule has 0 radical (unpaired) electrons. The van der Waals surface area contributed by atoms with E-state index >= 15 is 0 Å². The largest absolute Gasteiger partial charge is 0.476 e. The molecular weight excluding hydrogens is 256 g/mol. The number of hydrogen-bond donors (Lipinski definition) is 1. The van der Waals surface area contributed by atoms with E-state index in [0.717, 1.165) is 36.8 Å². The van der Waals surface area contributed by atoms with Gasteiger partial charge in [0.1, 0.15) is 6.61 Å². The van der Waals surface area contributed by atoms with Gasteiger partial charge in [0.2, 0.25) is 5.88 Å². The van der Waals surface area contributed by atoms with Gasteiger partial charge in [0, 0.05) is 25.9 Å². The molecule has 1 N–H and O–H groups in total. The van der Waals surface area contributed by atoms with Crippen molar-refractivity contribution in [3.05, 3.63) is 23.7 Å². The smallest absolute Gasteiger partial charge is 0.211 e. The maximum atomic E-state index is 5.67. The van der Waals surface area contributed by atoms with Crippen molar-refractivity contribution in [1.82, 2.24) is 30.1 Å². The Labute approximate surface area is 118 Å². The molecule has 2 rings (SSSR count). The molecule has 0 saturated heterocycles. The van der Waals surface area contributed by atoms with E-state index in [1.54, 1.807) is 9.36 Å². The fraction of sp³-hybridized carbons (Fsp3) is 0.615. The van der Waals surface area contributed by atoms with E-state index in [-0.39, 0.29) is 0 Å². The van der Waals surface area contributed by atoms with Crippen molar-refractivity contribution >= 4 is 0 Å². The Morgan fingerprint density at radius 2 is 2.25 bits per heavy atom. The van der Waals surface area contributed by atoms with Gasteiger partial charge in [0.25, 0.3) is 0 Å². The molecule has 7 heteroatoms. The number of ether oxygens (including phenoxy) is 1. The summed E-state index contributed by atoms with van der Waals surface area (Å²) in [6.45, 7) is 7.06. The molecule has 0 atom stereocenters. The number of nitrogens with zero attached hydrogens (tertiary/aromatic N) is 5. The third-order valence-electron chi connectivity index (χ3n) is 2.85. The Morgan fingerprint density at radius 1 is 1.40 bits per heavy atom. The molecule has 0 spiro atoms. The normalized spacial score (nSPS) is 10.9. The van der Waals surface area contributed by atoms with Gasteiger partial charge >= 0.3 is 0 Å². The van der Waals surface area contributed by atoms with Crippen molar-refractivity contribution in [2.45, 2.75) is 33.4 Å². The van der Waals surface area contributed by atoms with Gasteiger partial charge in [-0.25, -0.2) is 9.36 Å². The van der Waals surface area contributed by atoms with Crippen LogP contribution in [0.15, 0.2) is 12.3 Å². The van der Waals surface area contributed by atoms with E-state index in [4.69, 9.17) is 4.74 Å². The van der Waals surface area contributed by atoms with Gasteiger partial charge in [0.05, 0.1) is 17.9 Å². The monoisotopic (exact) mass is 278 g/mol. The summed E-state index contributed by atoms with van der Waals surface area (Å²) in [5.41, 5.74) is 1.90. The van der Waals surface area contributed by atoms with E-state index in [2.05, 4.69) is 27.7 Å². The minimum Gasteiger partial charge on any atom is -0.476 e. The maximum Gasteiger partial charge on any atom is 0.211 e. The van der Waals surface area contributed by atoms with Gasteiger partial charge in [-0.05, 0) is 19.9 Å². The zero-order valence-electron chi connectivity index (χ0n) is 12.3. The Morgan fingerprint density at radius 3 is 2.95 bits per heavy atom. The molecule has 2 aromatic rings. The van der Waals surface area contributed by atoms with Crippen molar-refractivity contribution in [2.75, 3.05) is 13.2 Å². The van der Waals surface area contributed by atoms with E-state index in [9.17, 15) is 0 Å². The van der Waals surface area contributed by atoms with Gasteiger partial charge in [0.15, 0.2) is 0 Å². The van der Waals surface area contributed by atoms with Crippen LogP contribution in [-0.2, 0) is 20.1 Å². The Balaban J connectivity index is 1.75. The summed E-state index contributed by atoms with van der Waals surface area (Å²) in [5, 5.41) is 15.7. The fourth-order valence-corrected chi connectivity index (χ4v) is 1.89. The lowest BCUT2D eigenvalue weighted by Gasteiger charge is -2.05. The lowest BCUT2D eigenvalue weighted by Crippen LogP contribution is -2.14.